The van der Waals surface area contributed by atoms with Gasteiger partial charge >= 0.3 is 0 Å². The predicted molar refractivity (Wildman–Crippen MR) is 50.1 cm³/mol. The Morgan fingerprint density at radius 3 is 2.38 bits per heavy atom. The van der Waals surface area contributed by atoms with E-state index >= 15 is 0 Å². The summed E-state index contributed by atoms with van der Waals surface area (Å²) in [5, 5.41) is 2.80. The molecular formula is C10H13NO2. The van der Waals surface area contributed by atoms with Crippen LogP contribution in [0.1, 0.15) is 20.3 Å². The second kappa shape index (κ2) is 3.56. The molecule has 1 amide bonds. The van der Waals surface area contributed by atoms with E-state index in [0.29, 0.717) is 0 Å². The van der Waals surface area contributed by atoms with Crippen LogP contribution in [0.25, 0.3) is 0 Å². The van der Waals surface area contributed by atoms with Crippen molar-refractivity contribution in [1.82, 2.24) is 5.32 Å². The minimum absolute atomic E-state index is 0.0329. The highest BCUT2D eigenvalue weighted by Gasteiger charge is 2.24. The van der Waals surface area contributed by atoms with Crippen LogP contribution in [0, 0.1) is 0 Å². The lowest BCUT2D eigenvalue weighted by Crippen LogP contribution is -2.44. The molecule has 0 aromatic carbocycles. The zero-order valence-electron chi connectivity index (χ0n) is 7.83. The van der Waals surface area contributed by atoms with E-state index in [1.165, 1.54) is 19.1 Å². The largest absolute Gasteiger partial charge is 0.344 e. The summed E-state index contributed by atoms with van der Waals surface area (Å²) in [6, 6.07) is 0. The minimum atomic E-state index is -0.459. The van der Waals surface area contributed by atoms with E-state index in [1.54, 1.807) is 12.2 Å². The standard InChI is InChI=1S/C10H13NO2/c1-3-10(11-8(2)12)6-4-9(13)5-7-10/h4-7H,3H2,1-2H3,(H,11,12). The Labute approximate surface area is 77.5 Å². The van der Waals surface area contributed by atoms with Gasteiger partial charge in [-0.25, -0.2) is 0 Å². The number of carbonyl (C=O) groups is 2. The predicted octanol–water partition coefficient (Wildman–Crippen LogP) is 0.966. The number of hydrogen-bond donors (Lipinski definition) is 1. The van der Waals surface area contributed by atoms with Crippen LogP contribution in [-0.4, -0.2) is 17.2 Å². The summed E-state index contributed by atoms with van der Waals surface area (Å²) in [6.07, 6.45) is 7.18. The quantitative estimate of drug-likeness (QED) is 0.686. The van der Waals surface area contributed by atoms with E-state index in [1.807, 2.05) is 6.92 Å². The molecule has 0 unspecified atom stereocenters. The molecule has 0 bridgehead atoms. The number of carbonyl (C=O) groups excluding carboxylic acids is 2. The van der Waals surface area contributed by atoms with Crippen molar-refractivity contribution in [2.45, 2.75) is 25.8 Å². The zero-order valence-corrected chi connectivity index (χ0v) is 7.83. The molecule has 0 heterocycles. The molecule has 3 nitrogen and oxygen atoms in total. The van der Waals surface area contributed by atoms with Crippen LogP contribution in [0.15, 0.2) is 24.3 Å². The van der Waals surface area contributed by atoms with E-state index < -0.39 is 5.54 Å². The van der Waals surface area contributed by atoms with Crippen LogP contribution in [0.5, 0.6) is 0 Å². The van der Waals surface area contributed by atoms with Crippen LogP contribution >= 0.6 is 0 Å². The molecular weight excluding hydrogens is 166 g/mol. The molecule has 0 saturated heterocycles. The van der Waals surface area contributed by atoms with Crippen molar-refractivity contribution in [1.29, 1.82) is 0 Å². The first-order valence-electron chi connectivity index (χ1n) is 4.29. The third-order valence-corrected chi connectivity index (χ3v) is 2.08. The third kappa shape index (κ3) is 2.28. The molecule has 1 aliphatic rings. The highest BCUT2D eigenvalue weighted by Crippen LogP contribution is 2.17. The minimum Gasteiger partial charge on any atom is -0.344 e. The van der Waals surface area contributed by atoms with E-state index in [9.17, 15) is 9.59 Å². The molecule has 1 rings (SSSR count). The Morgan fingerprint density at radius 2 is 2.00 bits per heavy atom. The Morgan fingerprint density at radius 1 is 1.46 bits per heavy atom. The average Bonchev–Trinajstić information content (AvgIpc) is 2.09. The lowest BCUT2D eigenvalue weighted by Gasteiger charge is -2.28. The van der Waals surface area contributed by atoms with Crippen LogP contribution in [0.3, 0.4) is 0 Å². The molecule has 0 fully saturated rings. The molecule has 0 saturated carbocycles. The molecule has 3 heteroatoms. The highest BCUT2D eigenvalue weighted by atomic mass is 16.1. The fraction of sp³-hybridized carbons (Fsp3) is 0.400. The molecule has 0 atom stereocenters. The zero-order chi connectivity index (χ0) is 9.90. The Kier molecular flexibility index (Phi) is 2.66. The SMILES string of the molecule is CCC1(NC(C)=O)C=CC(=O)C=C1. The summed E-state index contributed by atoms with van der Waals surface area (Å²) in [5.74, 6) is -0.125. The molecule has 0 aliphatic heterocycles. The summed E-state index contributed by atoms with van der Waals surface area (Å²) in [6.45, 7) is 3.43. The fourth-order valence-electron chi connectivity index (χ4n) is 1.31. The van der Waals surface area contributed by atoms with Crippen molar-refractivity contribution in [2.24, 2.45) is 0 Å². The summed E-state index contributed by atoms with van der Waals surface area (Å²) in [7, 11) is 0. The first kappa shape index (κ1) is 9.71. The molecule has 1 aliphatic carbocycles. The van der Waals surface area contributed by atoms with E-state index in [0.717, 1.165) is 6.42 Å². The van der Waals surface area contributed by atoms with Crippen molar-refractivity contribution < 1.29 is 9.59 Å². The fourth-order valence-corrected chi connectivity index (χ4v) is 1.31. The van der Waals surface area contributed by atoms with Gasteiger partial charge in [-0.2, -0.15) is 0 Å². The second-order valence-electron chi connectivity index (χ2n) is 3.14. The summed E-state index contributed by atoms with van der Waals surface area (Å²) in [5.41, 5.74) is -0.459. The van der Waals surface area contributed by atoms with Crippen molar-refractivity contribution >= 4 is 11.7 Å². The van der Waals surface area contributed by atoms with Crippen LogP contribution in [-0.2, 0) is 9.59 Å². The van der Waals surface area contributed by atoms with Crippen LogP contribution < -0.4 is 5.32 Å². The Hall–Kier alpha value is -1.38. The Balaban J connectivity index is 2.83. The maximum atomic E-state index is 10.9. The van der Waals surface area contributed by atoms with Gasteiger partial charge in [-0.1, -0.05) is 19.1 Å². The number of allylic oxidation sites excluding steroid dienone is 2. The summed E-state index contributed by atoms with van der Waals surface area (Å²) in [4.78, 5) is 21.8. The highest BCUT2D eigenvalue weighted by molar-refractivity contribution is 6.00. The van der Waals surface area contributed by atoms with Crippen molar-refractivity contribution in [3.8, 4) is 0 Å². The van der Waals surface area contributed by atoms with Gasteiger partial charge < -0.3 is 5.32 Å². The maximum Gasteiger partial charge on any atom is 0.217 e. The smallest absolute Gasteiger partial charge is 0.217 e. The number of rotatable bonds is 2. The van der Waals surface area contributed by atoms with Gasteiger partial charge in [-0.15, -0.1) is 0 Å². The lowest BCUT2D eigenvalue weighted by molar-refractivity contribution is -0.120. The summed E-state index contributed by atoms with van der Waals surface area (Å²) < 4.78 is 0. The number of nitrogens with one attached hydrogen (secondary N) is 1. The average molecular weight is 179 g/mol. The lowest BCUT2D eigenvalue weighted by atomic mass is 9.91. The van der Waals surface area contributed by atoms with E-state index in [4.69, 9.17) is 0 Å². The Bertz CT molecular complexity index is 273. The van der Waals surface area contributed by atoms with Gasteiger partial charge in [0, 0.05) is 6.92 Å². The van der Waals surface area contributed by atoms with Crippen LogP contribution in [0.4, 0.5) is 0 Å². The van der Waals surface area contributed by atoms with Gasteiger partial charge in [0.1, 0.15) is 0 Å². The van der Waals surface area contributed by atoms with Gasteiger partial charge in [-0.3, -0.25) is 9.59 Å². The normalized spacial score (nSPS) is 18.8. The van der Waals surface area contributed by atoms with Gasteiger partial charge in [0.2, 0.25) is 5.91 Å². The maximum absolute atomic E-state index is 10.9. The molecule has 0 radical (unpaired) electrons. The van der Waals surface area contributed by atoms with Crippen LogP contribution in [0.2, 0.25) is 0 Å². The molecule has 13 heavy (non-hydrogen) atoms. The van der Waals surface area contributed by atoms with E-state index in [2.05, 4.69) is 5.32 Å². The summed E-state index contributed by atoms with van der Waals surface area (Å²) >= 11 is 0. The van der Waals surface area contributed by atoms with E-state index in [-0.39, 0.29) is 11.7 Å². The van der Waals surface area contributed by atoms with Crippen molar-refractivity contribution in [3.63, 3.8) is 0 Å². The monoisotopic (exact) mass is 179 g/mol. The first-order chi connectivity index (χ1) is 6.08. The topological polar surface area (TPSA) is 46.2 Å². The first-order valence-corrected chi connectivity index (χ1v) is 4.29. The third-order valence-electron chi connectivity index (χ3n) is 2.08. The molecule has 1 N–H and O–H groups in total. The molecule has 70 valence electrons. The molecule has 0 spiro atoms. The van der Waals surface area contributed by atoms with Crippen molar-refractivity contribution in [3.05, 3.63) is 24.3 Å². The van der Waals surface area contributed by atoms with Gasteiger partial charge in [-0.05, 0) is 18.6 Å². The number of hydrogen-bond acceptors (Lipinski definition) is 2. The van der Waals surface area contributed by atoms with Gasteiger partial charge in [0.25, 0.3) is 0 Å². The molecule has 0 aromatic heterocycles. The second-order valence-corrected chi connectivity index (χ2v) is 3.14. The number of amides is 1. The van der Waals surface area contributed by atoms with Crippen molar-refractivity contribution in [2.75, 3.05) is 0 Å². The van der Waals surface area contributed by atoms with Gasteiger partial charge in [0.05, 0.1) is 5.54 Å². The molecule has 0 aromatic rings. The number of ketones is 1. The van der Waals surface area contributed by atoms with Gasteiger partial charge in [0.15, 0.2) is 5.78 Å².